The quantitative estimate of drug-likeness (QED) is 0.0700. The van der Waals surface area contributed by atoms with Gasteiger partial charge in [0.1, 0.15) is 18.9 Å². The lowest BCUT2D eigenvalue weighted by Gasteiger charge is -2.30. The predicted octanol–water partition coefficient (Wildman–Crippen LogP) is 13.2. The van der Waals surface area contributed by atoms with Gasteiger partial charge in [0, 0.05) is 36.9 Å². The highest BCUT2D eigenvalue weighted by Crippen LogP contribution is 2.45. The second kappa shape index (κ2) is 43.0. The highest BCUT2D eigenvalue weighted by molar-refractivity contribution is 7.98. The molecule has 4 aromatic rings. The number of nitrogens with one attached hydrogen (secondary N) is 4. The third kappa shape index (κ3) is 27.6. The van der Waals surface area contributed by atoms with Crippen molar-refractivity contribution < 1.29 is 28.7 Å². The van der Waals surface area contributed by atoms with Crippen LogP contribution in [-0.2, 0) is 25.6 Å². The second-order valence-corrected chi connectivity index (χ2v) is 17.4. The van der Waals surface area contributed by atoms with Gasteiger partial charge in [-0.25, -0.2) is 14.6 Å². The monoisotopic (exact) mass is 1040 g/mol. The molecule has 5 rings (SSSR count). The number of amides is 4. The summed E-state index contributed by atoms with van der Waals surface area (Å²) in [4.78, 5) is 60.1. The lowest BCUT2D eigenvalue weighted by Crippen LogP contribution is -2.47. The molecule has 1 heterocycles. The molecular weight excluding hydrogens is 949 g/mol. The van der Waals surface area contributed by atoms with Gasteiger partial charge in [-0.3, -0.25) is 9.59 Å². The van der Waals surface area contributed by atoms with Crippen LogP contribution in [0, 0.1) is 35.5 Å². The third-order valence-electron chi connectivity index (χ3n) is 10.4. The molecule has 1 aromatic heterocycles. The molecule has 1 fully saturated rings. The highest BCUT2D eigenvalue weighted by Gasteiger charge is 2.40. The summed E-state index contributed by atoms with van der Waals surface area (Å²) in [6, 6.07) is 23.0. The van der Waals surface area contributed by atoms with Crippen molar-refractivity contribution in [2.45, 2.75) is 136 Å². The first-order valence-electron chi connectivity index (χ1n) is 26.2. The maximum atomic E-state index is 13.1. The van der Waals surface area contributed by atoms with Gasteiger partial charge in [-0.15, -0.1) is 12.8 Å². The summed E-state index contributed by atoms with van der Waals surface area (Å²) < 4.78 is 9.20. The first-order valence-corrected chi connectivity index (χ1v) is 27.6. The van der Waals surface area contributed by atoms with Gasteiger partial charge in [0.05, 0.1) is 44.6 Å². The van der Waals surface area contributed by atoms with Gasteiger partial charge < -0.3 is 40.2 Å². The van der Waals surface area contributed by atoms with E-state index in [0.717, 1.165) is 57.3 Å². The van der Waals surface area contributed by atoms with Gasteiger partial charge in [0.2, 0.25) is 11.8 Å². The molecule has 0 saturated heterocycles. The van der Waals surface area contributed by atoms with Crippen molar-refractivity contribution in [2.24, 2.45) is 11.3 Å². The molecule has 2 atom stereocenters. The number of aromatic amines is 1. The van der Waals surface area contributed by atoms with E-state index in [1.807, 2.05) is 91.1 Å². The number of benzene rings is 3. The van der Waals surface area contributed by atoms with Crippen LogP contribution in [-0.4, -0.2) is 109 Å². The third-order valence-corrected chi connectivity index (χ3v) is 10.9. The smallest absolute Gasteiger partial charge is 0.407 e. The molecule has 1 aliphatic carbocycles. The largest absolute Gasteiger partial charge is 0.453 e. The summed E-state index contributed by atoms with van der Waals surface area (Å²) >= 11 is 1.86. The zero-order valence-corrected chi connectivity index (χ0v) is 49.3. The molecule has 1 saturated carbocycles. The number of carbonyl (C=O) groups excluding carboxylic acids is 4. The van der Waals surface area contributed by atoms with E-state index in [2.05, 4.69) is 150 Å². The van der Waals surface area contributed by atoms with Crippen molar-refractivity contribution in [3.8, 4) is 41.3 Å². The number of carbonyl (C=O) groups is 4. The number of hydrogen-bond donors (Lipinski definition) is 4. The highest BCUT2D eigenvalue weighted by atomic mass is 32.2. The Balaban J connectivity index is -0.00000265. The molecule has 4 N–H and O–H groups in total. The Morgan fingerprint density at radius 1 is 0.797 bits per heavy atom. The molecule has 0 bridgehead atoms. The number of ether oxygens (including phenoxy) is 2. The molecule has 0 spiro atoms. The summed E-state index contributed by atoms with van der Waals surface area (Å²) in [6.45, 7) is 31.4. The van der Waals surface area contributed by atoms with Crippen molar-refractivity contribution in [1.29, 1.82) is 5.26 Å². The van der Waals surface area contributed by atoms with Crippen molar-refractivity contribution in [3.05, 3.63) is 84.3 Å². The van der Waals surface area contributed by atoms with E-state index in [1.54, 1.807) is 13.1 Å². The number of rotatable bonds is 18. The molecule has 4 amide bonds. The number of allylic oxidation sites excluding steroid dienone is 1. The van der Waals surface area contributed by atoms with E-state index < -0.39 is 18.1 Å². The number of methoxy groups -OCH3 is 2. The van der Waals surface area contributed by atoms with Crippen LogP contribution in [0.3, 0.4) is 0 Å². The molecule has 1 unspecified atom stereocenters. The van der Waals surface area contributed by atoms with Gasteiger partial charge in [-0.1, -0.05) is 144 Å². The number of fused-ring (bicyclic) bond motifs is 1. The van der Waals surface area contributed by atoms with Crippen LogP contribution in [0.2, 0.25) is 0 Å². The average Bonchev–Trinajstić information content (AvgIpc) is 4.00. The van der Waals surface area contributed by atoms with Crippen LogP contribution >= 0.6 is 11.8 Å². The van der Waals surface area contributed by atoms with E-state index >= 15 is 0 Å². The van der Waals surface area contributed by atoms with Crippen molar-refractivity contribution in [1.82, 2.24) is 35.7 Å². The number of terminal acetylenes is 1. The van der Waals surface area contributed by atoms with E-state index in [9.17, 15) is 24.4 Å². The van der Waals surface area contributed by atoms with Crippen LogP contribution in [0.25, 0.3) is 38.9 Å². The second-order valence-electron chi connectivity index (χ2n) is 16.2. The van der Waals surface area contributed by atoms with Gasteiger partial charge in [-0.2, -0.15) is 17.0 Å². The first kappa shape index (κ1) is 71.8. The predicted molar refractivity (Wildman–Crippen MR) is 313 cm³/mol. The van der Waals surface area contributed by atoms with Crippen LogP contribution in [0.1, 0.15) is 135 Å². The lowest BCUT2D eigenvalue weighted by atomic mass is 9.98. The molecule has 74 heavy (non-hydrogen) atoms. The van der Waals surface area contributed by atoms with E-state index in [0.29, 0.717) is 18.9 Å². The number of H-pyrrole nitrogens is 1. The molecule has 15 heteroatoms. The fraction of sp³-hybridized carbons (Fsp3) is 0.525. The van der Waals surface area contributed by atoms with Crippen LogP contribution in [0.5, 0.6) is 0 Å². The number of aromatic nitrogens is 2. The Morgan fingerprint density at radius 2 is 1.26 bits per heavy atom. The molecule has 14 nitrogen and oxygen atoms in total. The summed E-state index contributed by atoms with van der Waals surface area (Å²) in [5.74, 6) is 0.882. The normalized spacial score (nSPS) is 11.9. The van der Waals surface area contributed by atoms with Crippen molar-refractivity contribution >= 4 is 52.2 Å². The number of alkyl carbamates (subject to hydrolysis) is 2. The maximum Gasteiger partial charge on any atom is 0.407 e. The number of nitriles is 1. The fourth-order valence-corrected chi connectivity index (χ4v) is 6.56. The summed E-state index contributed by atoms with van der Waals surface area (Å²) in [5.41, 5.74) is 5.99. The zero-order valence-electron chi connectivity index (χ0n) is 48.5. The van der Waals surface area contributed by atoms with E-state index in [1.165, 1.54) is 31.3 Å². The van der Waals surface area contributed by atoms with E-state index in [4.69, 9.17) is 0 Å². The number of hydrogen-bond acceptors (Lipinski definition) is 10. The SMILES string of the molecule is C#C.C/C=C(\NC(C)CN(CC1(C)CC1)C(=O)CNC(=O)OC)c1ccc(-c2ccc3cc(-c4cnc(CN(C[C@H](C)C#N)C(=O)CNC(=O)OC)[nH]4)ccc3c2)cc1.CC.CC.CC.CC.CCC.CCSC. The first-order chi connectivity index (χ1) is 35.7. The van der Waals surface area contributed by atoms with Crippen LogP contribution in [0.15, 0.2) is 72.9 Å². The minimum absolute atomic E-state index is 0.0435. The topological polar surface area (TPSA) is 182 Å². The molecule has 412 valence electrons. The Kier molecular flexibility index (Phi) is 41.7. The Labute approximate surface area is 451 Å². The molecule has 3 aromatic carbocycles. The Morgan fingerprint density at radius 3 is 1.70 bits per heavy atom. The van der Waals surface area contributed by atoms with Crippen molar-refractivity contribution in [2.75, 3.05) is 59.0 Å². The zero-order chi connectivity index (χ0) is 57.2. The van der Waals surface area contributed by atoms with Crippen LogP contribution < -0.4 is 16.0 Å². The number of imidazole rings is 1. The summed E-state index contributed by atoms with van der Waals surface area (Å²) in [6.07, 6.45) is 15.9. The standard InChI is InChI=1S/C43H52N8O6.C3H8S.C3H8.4C2H6.C2H2/c1-7-36(48-29(3)25-51(27-43(4)16-17-43)40(53)23-47-42(55)57-6)31-10-8-30(9-11-31)32-12-13-34-19-35(15-14-33(34)18-32)37-21-45-38(49-37)26-50(24-28(2)20-44)39(52)22-46-41(54)56-5;1-3-4-2;1-3-2;5*1-2/h7-15,18-19,21,28-29,48H,16-17,22-27H2,1-6H3,(H,45,49)(H,46,54)(H,47,55);3H2,1-2H3;3H2,1-2H3;4*1-2H3;1-2H/b36-7-;;;;;;;/t28-,29?;;;;;;;/m1......./s1. The molecular formula is C59H94N8O6S. The van der Waals surface area contributed by atoms with E-state index in [-0.39, 0.29) is 49.5 Å². The van der Waals surface area contributed by atoms with Gasteiger partial charge in [0.25, 0.3) is 0 Å². The minimum atomic E-state index is -0.710. The van der Waals surface area contributed by atoms with Gasteiger partial charge >= 0.3 is 12.2 Å². The molecule has 0 radical (unpaired) electrons. The van der Waals surface area contributed by atoms with Crippen LogP contribution in [0.4, 0.5) is 9.59 Å². The molecule has 1 aliphatic rings. The summed E-state index contributed by atoms with van der Waals surface area (Å²) in [5, 5.41) is 20.0. The number of thioether (sulfide) groups is 1. The Hall–Kier alpha value is -6.45. The average molecular weight is 1040 g/mol. The van der Waals surface area contributed by atoms with Gasteiger partial charge in [0.15, 0.2) is 0 Å². The fourth-order valence-electron chi connectivity index (χ4n) is 6.56. The Bertz CT molecular complexity index is 2250. The number of nitrogens with zero attached hydrogens (tertiary/aromatic N) is 4. The summed E-state index contributed by atoms with van der Waals surface area (Å²) in [7, 11) is 2.50. The van der Waals surface area contributed by atoms with Gasteiger partial charge in [-0.05, 0) is 90.6 Å². The lowest BCUT2D eigenvalue weighted by molar-refractivity contribution is -0.132. The van der Waals surface area contributed by atoms with Crippen molar-refractivity contribution in [3.63, 3.8) is 0 Å². The maximum absolute atomic E-state index is 13.1. The molecule has 0 aliphatic heterocycles. The minimum Gasteiger partial charge on any atom is -0.453 e.